The largest absolute Gasteiger partial charge is 0.427 e. The molecule has 1 aromatic heterocycles. The third-order valence-corrected chi connectivity index (χ3v) is 3.91. The van der Waals surface area contributed by atoms with E-state index in [1.54, 1.807) is 6.07 Å². The van der Waals surface area contributed by atoms with Gasteiger partial charge >= 0.3 is 5.63 Å². The highest BCUT2D eigenvalue weighted by molar-refractivity contribution is 5.98. The molecule has 0 saturated heterocycles. The summed E-state index contributed by atoms with van der Waals surface area (Å²) in [4.78, 5) is 24.4. The molecule has 1 aliphatic rings. The van der Waals surface area contributed by atoms with Crippen molar-refractivity contribution in [2.75, 3.05) is 0 Å². The van der Waals surface area contributed by atoms with Gasteiger partial charge in [0.25, 0.3) is 0 Å². The van der Waals surface area contributed by atoms with E-state index in [0.717, 1.165) is 5.56 Å². The smallest absolute Gasteiger partial charge is 0.339 e. The number of carbonyl (C=O) groups excluding carboxylic acids is 1. The Morgan fingerprint density at radius 3 is 2.52 bits per heavy atom. The van der Waals surface area contributed by atoms with E-state index >= 15 is 0 Å². The summed E-state index contributed by atoms with van der Waals surface area (Å²) in [5.41, 5.74) is 1.70. The first-order valence-electron chi connectivity index (χ1n) is 7.18. The predicted molar refractivity (Wildman–Crippen MR) is 80.7 cm³/mol. The normalized spacial score (nSPS) is 16.6. The molecule has 0 saturated carbocycles. The van der Waals surface area contributed by atoms with Crippen molar-refractivity contribution in [2.24, 2.45) is 5.41 Å². The van der Waals surface area contributed by atoms with Crippen LogP contribution in [0.2, 0.25) is 0 Å². The van der Waals surface area contributed by atoms with Gasteiger partial charge in [-0.15, -0.1) is 0 Å². The molecule has 0 unspecified atom stereocenters. The number of Topliss-reactive ketones (excluding diaryl/α,β-unsaturated/α-hetero) is 1. The van der Waals surface area contributed by atoms with Crippen molar-refractivity contribution in [3.05, 3.63) is 69.3 Å². The molecule has 108 valence electrons. The van der Waals surface area contributed by atoms with Crippen molar-refractivity contribution < 1.29 is 9.21 Å². The Labute approximate surface area is 123 Å². The highest BCUT2D eigenvalue weighted by Crippen LogP contribution is 2.34. The van der Waals surface area contributed by atoms with E-state index in [1.807, 2.05) is 44.2 Å². The van der Waals surface area contributed by atoms with Crippen LogP contribution in [0.25, 0.3) is 0 Å². The maximum absolute atomic E-state index is 12.3. The number of rotatable bonds is 2. The summed E-state index contributed by atoms with van der Waals surface area (Å²) in [5, 5.41) is 0. The van der Waals surface area contributed by atoms with Crippen molar-refractivity contribution in [3.8, 4) is 0 Å². The van der Waals surface area contributed by atoms with Crippen molar-refractivity contribution in [1.29, 1.82) is 0 Å². The average Bonchev–Trinajstić information content (AvgIpc) is 2.40. The topological polar surface area (TPSA) is 47.3 Å². The summed E-state index contributed by atoms with van der Waals surface area (Å²) < 4.78 is 5.43. The molecule has 0 N–H and O–H groups in total. The number of hydrogen-bond acceptors (Lipinski definition) is 3. The first kappa shape index (κ1) is 13.8. The quantitative estimate of drug-likeness (QED) is 0.848. The summed E-state index contributed by atoms with van der Waals surface area (Å²) in [6.07, 6.45) is 1.63. The molecule has 21 heavy (non-hydrogen) atoms. The molecule has 1 aromatic carbocycles. The van der Waals surface area contributed by atoms with Gasteiger partial charge in [-0.3, -0.25) is 4.79 Å². The summed E-state index contributed by atoms with van der Waals surface area (Å²) in [6, 6.07) is 11.5. The molecular weight excluding hydrogens is 264 g/mol. The fourth-order valence-electron chi connectivity index (χ4n) is 2.88. The first-order chi connectivity index (χ1) is 9.94. The number of ketones is 1. The fourth-order valence-corrected chi connectivity index (χ4v) is 2.88. The van der Waals surface area contributed by atoms with Gasteiger partial charge in [0.1, 0.15) is 5.76 Å². The SMILES string of the molecule is CC1(C)CC(=O)c2cc(Cc3ccccc3)c(=O)oc2C1. The van der Waals surface area contributed by atoms with Crippen LogP contribution in [0.1, 0.15) is 47.5 Å². The molecule has 0 aliphatic heterocycles. The maximum atomic E-state index is 12.3. The van der Waals surface area contributed by atoms with Gasteiger partial charge in [0.05, 0.1) is 5.56 Å². The number of carbonyl (C=O) groups is 1. The fraction of sp³-hybridized carbons (Fsp3) is 0.333. The van der Waals surface area contributed by atoms with Crippen molar-refractivity contribution in [2.45, 2.75) is 33.1 Å². The Balaban J connectivity index is 2.00. The first-order valence-corrected chi connectivity index (χ1v) is 7.18. The van der Waals surface area contributed by atoms with Crippen LogP contribution in [-0.2, 0) is 12.8 Å². The second-order valence-electron chi connectivity index (χ2n) is 6.50. The van der Waals surface area contributed by atoms with Crippen LogP contribution in [0.15, 0.2) is 45.6 Å². The third kappa shape index (κ3) is 2.82. The second kappa shape index (κ2) is 4.99. The Bertz CT molecular complexity index is 739. The lowest BCUT2D eigenvalue weighted by atomic mass is 9.76. The summed E-state index contributed by atoms with van der Waals surface area (Å²) in [6.45, 7) is 4.04. The molecule has 0 atom stereocenters. The molecule has 0 radical (unpaired) electrons. The van der Waals surface area contributed by atoms with E-state index in [-0.39, 0.29) is 16.8 Å². The lowest BCUT2D eigenvalue weighted by Crippen LogP contribution is -2.29. The van der Waals surface area contributed by atoms with Crippen LogP contribution in [-0.4, -0.2) is 5.78 Å². The molecule has 3 rings (SSSR count). The minimum atomic E-state index is -0.330. The molecule has 0 spiro atoms. The molecule has 3 nitrogen and oxygen atoms in total. The van der Waals surface area contributed by atoms with Gasteiger partial charge in [0.2, 0.25) is 0 Å². The van der Waals surface area contributed by atoms with E-state index in [1.165, 1.54) is 0 Å². The molecule has 0 amide bonds. The van der Waals surface area contributed by atoms with E-state index < -0.39 is 0 Å². The van der Waals surface area contributed by atoms with Crippen LogP contribution in [0.5, 0.6) is 0 Å². The lowest BCUT2D eigenvalue weighted by molar-refractivity contribution is 0.0897. The van der Waals surface area contributed by atoms with E-state index in [0.29, 0.717) is 36.1 Å². The Morgan fingerprint density at radius 2 is 1.81 bits per heavy atom. The highest BCUT2D eigenvalue weighted by atomic mass is 16.4. The molecule has 2 aromatic rings. The molecule has 1 heterocycles. The standard InChI is InChI=1S/C18H18O3/c1-18(2)10-15(19)14-9-13(17(20)21-16(14)11-18)8-12-6-4-3-5-7-12/h3-7,9H,8,10-11H2,1-2H3. The molecule has 3 heteroatoms. The summed E-state index contributed by atoms with van der Waals surface area (Å²) >= 11 is 0. The third-order valence-electron chi connectivity index (χ3n) is 3.91. The average molecular weight is 282 g/mol. The predicted octanol–water partition coefficient (Wildman–Crippen LogP) is 3.39. The minimum Gasteiger partial charge on any atom is -0.427 e. The van der Waals surface area contributed by atoms with Gasteiger partial charge in [-0.2, -0.15) is 0 Å². The number of hydrogen-bond donors (Lipinski definition) is 0. The van der Waals surface area contributed by atoms with Crippen LogP contribution in [0.3, 0.4) is 0 Å². The highest BCUT2D eigenvalue weighted by Gasteiger charge is 2.33. The lowest BCUT2D eigenvalue weighted by Gasteiger charge is -2.28. The van der Waals surface area contributed by atoms with Gasteiger partial charge in [0, 0.05) is 24.8 Å². The zero-order chi connectivity index (χ0) is 15.0. The Hall–Kier alpha value is -2.16. The molecular formula is C18H18O3. The summed E-state index contributed by atoms with van der Waals surface area (Å²) in [5.74, 6) is 0.609. The minimum absolute atomic E-state index is 0.0688. The molecule has 0 bridgehead atoms. The van der Waals surface area contributed by atoms with Crippen LogP contribution >= 0.6 is 0 Å². The van der Waals surface area contributed by atoms with Gasteiger partial charge in [-0.05, 0) is 17.0 Å². The zero-order valence-electron chi connectivity index (χ0n) is 12.3. The van der Waals surface area contributed by atoms with E-state index in [2.05, 4.69) is 0 Å². The monoisotopic (exact) mass is 282 g/mol. The zero-order valence-corrected chi connectivity index (χ0v) is 12.3. The number of benzene rings is 1. The van der Waals surface area contributed by atoms with E-state index in [9.17, 15) is 9.59 Å². The number of fused-ring (bicyclic) bond motifs is 1. The van der Waals surface area contributed by atoms with Crippen molar-refractivity contribution >= 4 is 5.78 Å². The second-order valence-corrected chi connectivity index (χ2v) is 6.50. The molecule has 0 fully saturated rings. The van der Waals surface area contributed by atoms with Crippen molar-refractivity contribution in [3.63, 3.8) is 0 Å². The maximum Gasteiger partial charge on any atom is 0.339 e. The Morgan fingerprint density at radius 1 is 1.10 bits per heavy atom. The van der Waals surface area contributed by atoms with E-state index in [4.69, 9.17) is 4.42 Å². The molecule has 1 aliphatic carbocycles. The van der Waals surface area contributed by atoms with Crippen LogP contribution < -0.4 is 5.63 Å². The van der Waals surface area contributed by atoms with Crippen LogP contribution in [0.4, 0.5) is 0 Å². The van der Waals surface area contributed by atoms with Gasteiger partial charge in [-0.25, -0.2) is 4.79 Å². The van der Waals surface area contributed by atoms with Gasteiger partial charge < -0.3 is 4.42 Å². The van der Waals surface area contributed by atoms with Gasteiger partial charge in [0.15, 0.2) is 5.78 Å². The van der Waals surface area contributed by atoms with Crippen molar-refractivity contribution in [1.82, 2.24) is 0 Å². The summed E-state index contributed by atoms with van der Waals surface area (Å²) in [7, 11) is 0. The van der Waals surface area contributed by atoms with Gasteiger partial charge in [-0.1, -0.05) is 44.2 Å². The van der Waals surface area contributed by atoms with Crippen LogP contribution in [0, 0.1) is 5.41 Å². The Kier molecular flexibility index (Phi) is 3.28.